The van der Waals surface area contributed by atoms with E-state index in [9.17, 15) is 19.8 Å². The number of benzene rings is 2. The number of hydrogen-bond acceptors (Lipinski definition) is 5. The van der Waals surface area contributed by atoms with Crippen LogP contribution in [-0.2, 0) is 6.54 Å². The highest BCUT2D eigenvalue weighted by Gasteiger charge is 2.23. The Morgan fingerprint density at radius 1 is 0.966 bits per heavy atom. The summed E-state index contributed by atoms with van der Waals surface area (Å²) in [4.78, 5) is 26.3. The number of Topliss-reactive ketones (excluding diaryl/α,β-unsaturated/α-hetero) is 2. The topological polar surface area (TPSA) is 82.8 Å². The minimum Gasteiger partial charge on any atom is -0.507 e. The number of aromatic hydroxyl groups is 2. The van der Waals surface area contributed by atoms with E-state index >= 15 is 0 Å². The Kier molecular flexibility index (Phi) is 4.82. The van der Waals surface area contributed by atoms with Crippen molar-refractivity contribution < 1.29 is 19.8 Å². The van der Waals surface area contributed by atoms with Crippen LogP contribution < -0.4 is 0 Å². The number of hydrogen-bond donors (Lipinski definition) is 2. The minimum absolute atomic E-state index is 0.0527. The summed E-state index contributed by atoms with van der Waals surface area (Å²) in [5.41, 5.74) is 2.10. The van der Waals surface area contributed by atoms with E-state index < -0.39 is 0 Å². The monoisotopic (exact) mass is 394 g/mol. The van der Waals surface area contributed by atoms with Crippen LogP contribution in [-0.4, -0.2) is 50.9 Å². The number of phenols is 2. The molecule has 1 aliphatic heterocycles. The first-order valence-electron chi connectivity index (χ1n) is 10.0. The normalized spacial score (nSPS) is 17.4. The molecule has 0 amide bonds. The minimum atomic E-state index is -0.219. The second kappa shape index (κ2) is 7.19. The SMILES string of the molecule is CC(=O)c1cc2c3cc(C(C)=O)c(O)cc3n(CC[C@H]3CCCN3C)c2cc1O. The van der Waals surface area contributed by atoms with E-state index in [1.807, 2.05) is 0 Å². The van der Waals surface area contributed by atoms with Crippen molar-refractivity contribution in [2.24, 2.45) is 0 Å². The van der Waals surface area contributed by atoms with Crippen LogP contribution in [0.25, 0.3) is 21.8 Å². The number of carbonyl (C=O) groups is 2. The third-order valence-corrected chi connectivity index (χ3v) is 6.22. The highest BCUT2D eigenvalue weighted by Crippen LogP contribution is 2.37. The van der Waals surface area contributed by atoms with Crippen molar-refractivity contribution in [3.05, 3.63) is 35.4 Å². The van der Waals surface area contributed by atoms with Gasteiger partial charge in [-0.05, 0) is 58.8 Å². The van der Waals surface area contributed by atoms with Crippen molar-refractivity contribution in [1.82, 2.24) is 9.47 Å². The Morgan fingerprint density at radius 3 is 1.90 bits per heavy atom. The van der Waals surface area contributed by atoms with E-state index in [0.717, 1.165) is 41.2 Å². The summed E-state index contributed by atoms with van der Waals surface area (Å²) < 4.78 is 2.07. The first kappa shape index (κ1) is 19.5. The zero-order valence-corrected chi connectivity index (χ0v) is 17.0. The lowest BCUT2D eigenvalue weighted by Gasteiger charge is -2.20. The Hall–Kier alpha value is -2.86. The van der Waals surface area contributed by atoms with Gasteiger partial charge >= 0.3 is 0 Å². The lowest BCUT2D eigenvalue weighted by Crippen LogP contribution is -2.26. The molecule has 152 valence electrons. The largest absolute Gasteiger partial charge is 0.507 e. The highest BCUT2D eigenvalue weighted by molar-refractivity contribution is 6.14. The Morgan fingerprint density at radius 2 is 1.48 bits per heavy atom. The average molecular weight is 394 g/mol. The molecule has 4 rings (SSSR count). The number of rotatable bonds is 5. The Balaban J connectivity index is 1.93. The van der Waals surface area contributed by atoms with Crippen molar-refractivity contribution >= 4 is 33.4 Å². The van der Waals surface area contributed by atoms with Crippen molar-refractivity contribution in [3.63, 3.8) is 0 Å². The van der Waals surface area contributed by atoms with Gasteiger partial charge in [0, 0.05) is 35.5 Å². The molecule has 1 saturated heterocycles. The molecule has 0 radical (unpaired) electrons. The van der Waals surface area contributed by atoms with Crippen molar-refractivity contribution in [3.8, 4) is 11.5 Å². The van der Waals surface area contributed by atoms with Crippen LogP contribution in [0.2, 0.25) is 0 Å². The van der Waals surface area contributed by atoms with Crippen molar-refractivity contribution in [2.45, 2.75) is 45.7 Å². The van der Waals surface area contributed by atoms with Gasteiger partial charge in [-0.25, -0.2) is 0 Å². The quantitative estimate of drug-likeness (QED) is 0.637. The van der Waals surface area contributed by atoms with Gasteiger partial charge in [-0.1, -0.05) is 0 Å². The molecule has 2 heterocycles. The number of carbonyl (C=O) groups excluding carboxylic acids is 2. The molecule has 1 fully saturated rings. The molecular weight excluding hydrogens is 368 g/mol. The van der Waals surface area contributed by atoms with Gasteiger partial charge in [0.15, 0.2) is 11.6 Å². The summed E-state index contributed by atoms with van der Waals surface area (Å²) in [5.74, 6) is -0.544. The summed E-state index contributed by atoms with van der Waals surface area (Å²) in [6.07, 6.45) is 3.30. The van der Waals surface area contributed by atoms with Crippen molar-refractivity contribution in [1.29, 1.82) is 0 Å². The van der Waals surface area contributed by atoms with E-state index in [1.54, 1.807) is 24.3 Å². The lowest BCUT2D eigenvalue weighted by atomic mass is 10.0. The number of nitrogens with zero attached hydrogens (tertiary/aromatic N) is 2. The first-order chi connectivity index (χ1) is 13.8. The van der Waals surface area contributed by atoms with Gasteiger partial charge < -0.3 is 19.7 Å². The predicted octanol–water partition coefficient (Wildman–Crippen LogP) is 4.10. The van der Waals surface area contributed by atoms with Crippen LogP contribution in [0.15, 0.2) is 24.3 Å². The number of phenolic OH excluding ortho intramolecular Hbond substituents is 2. The van der Waals surface area contributed by atoms with Gasteiger partial charge in [0.25, 0.3) is 0 Å². The molecular formula is C23H26N2O4. The maximum Gasteiger partial charge on any atom is 0.163 e. The third-order valence-electron chi connectivity index (χ3n) is 6.22. The number of aromatic nitrogens is 1. The molecule has 0 aliphatic carbocycles. The fourth-order valence-corrected chi connectivity index (χ4v) is 4.59. The molecule has 6 heteroatoms. The van der Waals surface area contributed by atoms with E-state index in [2.05, 4.69) is 16.5 Å². The van der Waals surface area contributed by atoms with E-state index in [-0.39, 0.29) is 34.2 Å². The van der Waals surface area contributed by atoms with Crippen LogP contribution in [0.1, 0.15) is 53.8 Å². The standard InChI is InChI=1S/C23H26N2O4/c1-13(26)16-9-18-19-10-17(14(2)27)23(29)12-21(19)25(20(18)11-22(16)28)8-6-15-5-4-7-24(15)3/h9-12,15,28-29H,4-8H2,1-3H3/t15-/m1/s1. The smallest absolute Gasteiger partial charge is 0.163 e. The van der Waals surface area contributed by atoms with Gasteiger partial charge in [0.2, 0.25) is 0 Å². The zero-order valence-electron chi connectivity index (χ0n) is 17.0. The van der Waals surface area contributed by atoms with Crippen LogP contribution in [0.3, 0.4) is 0 Å². The summed E-state index contributed by atoms with van der Waals surface area (Å²) in [6, 6.07) is 7.12. The van der Waals surface area contributed by atoms with E-state index in [4.69, 9.17) is 0 Å². The van der Waals surface area contributed by atoms with Gasteiger partial charge in [-0.3, -0.25) is 9.59 Å². The van der Waals surface area contributed by atoms with Crippen LogP contribution in [0, 0.1) is 0 Å². The lowest BCUT2D eigenvalue weighted by molar-refractivity contribution is 0.100. The molecule has 0 saturated carbocycles. The molecule has 1 atom stereocenters. The molecule has 1 aromatic heterocycles. The van der Waals surface area contributed by atoms with Gasteiger partial charge in [0.1, 0.15) is 11.5 Å². The number of ketones is 2. The Labute approximate surface area is 169 Å². The fraction of sp³-hybridized carbons (Fsp3) is 0.391. The molecule has 0 bridgehead atoms. The predicted molar refractivity (Wildman–Crippen MR) is 113 cm³/mol. The highest BCUT2D eigenvalue weighted by atomic mass is 16.3. The number of fused-ring (bicyclic) bond motifs is 3. The third kappa shape index (κ3) is 3.27. The van der Waals surface area contributed by atoms with Crippen LogP contribution in [0.5, 0.6) is 11.5 Å². The average Bonchev–Trinajstić information content (AvgIpc) is 3.18. The first-order valence-corrected chi connectivity index (χ1v) is 10.0. The fourth-order valence-electron chi connectivity index (χ4n) is 4.59. The van der Waals surface area contributed by atoms with E-state index in [0.29, 0.717) is 12.6 Å². The van der Waals surface area contributed by atoms with Gasteiger partial charge in [-0.15, -0.1) is 0 Å². The molecule has 3 aromatic rings. The maximum atomic E-state index is 12.0. The number of aryl methyl sites for hydroxylation is 1. The van der Waals surface area contributed by atoms with E-state index in [1.165, 1.54) is 20.3 Å². The molecule has 2 aromatic carbocycles. The molecule has 0 unspecified atom stereocenters. The zero-order chi connectivity index (χ0) is 20.9. The molecule has 2 N–H and O–H groups in total. The second-order valence-electron chi connectivity index (χ2n) is 8.10. The Bertz CT molecular complexity index is 1070. The molecule has 29 heavy (non-hydrogen) atoms. The molecule has 6 nitrogen and oxygen atoms in total. The van der Waals surface area contributed by atoms with Gasteiger partial charge in [0.05, 0.1) is 22.2 Å². The van der Waals surface area contributed by atoms with Crippen LogP contribution >= 0.6 is 0 Å². The van der Waals surface area contributed by atoms with Crippen LogP contribution in [0.4, 0.5) is 0 Å². The summed E-state index contributed by atoms with van der Waals surface area (Å²) in [5, 5.41) is 22.4. The van der Waals surface area contributed by atoms with Crippen molar-refractivity contribution in [2.75, 3.05) is 13.6 Å². The maximum absolute atomic E-state index is 12.0. The second-order valence-corrected chi connectivity index (χ2v) is 8.10. The summed E-state index contributed by atoms with van der Waals surface area (Å²) in [7, 11) is 2.14. The number of likely N-dealkylation sites (tertiary alicyclic amines) is 1. The summed E-state index contributed by atoms with van der Waals surface area (Å²) >= 11 is 0. The molecule has 1 aliphatic rings. The van der Waals surface area contributed by atoms with Gasteiger partial charge in [-0.2, -0.15) is 0 Å². The summed E-state index contributed by atoms with van der Waals surface area (Å²) in [6.45, 7) is 4.65. The molecule has 0 spiro atoms.